The first-order valence-electron chi connectivity index (χ1n) is 9.03. The zero-order valence-corrected chi connectivity index (χ0v) is 18.4. The van der Waals surface area contributed by atoms with E-state index in [4.69, 9.17) is 23.1 Å². The SMILES string of the molecule is COc1ccc(C2[C@@H](OS(C)(=O)=O)C(=O)N2c2cc(OC)c(OC)c(OC)c2)cc1O. The van der Waals surface area contributed by atoms with E-state index in [1.54, 1.807) is 18.2 Å². The topological polar surface area (TPSA) is 121 Å². The molecule has 1 aliphatic rings. The Morgan fingerprint density at radius 2 is 1.48 bits per heavy atom. The average molecular weight is 453 g/mol. The molecule has 1 heterocycles. The number of phenols is 1. The van der Waals surface area contributed by atoms with Crippen LogP contribution in [-0.2, 0) is 19.1 Å². The molecule has 0 aromatic heterocycles. The Balaban J connectivity index is 2.12. The van der Waals surface area contributed by atoms with Gasteiger partial charge in [0.1, 0.15) is 0 Å². The Hall–Kier alpha value is -3.18. The molecule has 11 heteroatoms. The van der Waals surface area contributed by atoms with E-state index in [1.807, 2.05) is 0 Å². The van der Waals surface area contributed by atoms with E-state index in [9.17, 15) is 18.3 Å². The summed E-state index contributed by atoms with van der Waals surface area (Å²) in [5.74, 6) is 0.447. The number of benzene rings is 2. The largest absolute Gasteiger partial charge is 0.504 e. The molecule has 1 unspecified atom stereocenters. The van der Waals surface area contributed by atoms with E-state index in [2.05, 4.69) is 0 Å². The number of amides is 1. The van der Waals surface area contributed by atoms with E-state index >= 15 is 0 Å². The monoisotopic (exact) mass is 453 g/mol. The third kappa shape index (κ3) is 4.19. The molecule has 1 aliphatic heterocycles. The molecule has 1 saturated heterocycles. The van der Waals surface area contributed by atoms with Crippen molar-refractivity contribution in [3.63, 3.8) is 0 Å². The number of phenolic OH excluding ortho intramolecular Hbond substituents is 1. The van der Waals surface area contributed by atoms with Crippen molar-refractivity contribution in [2.75, 3.05) is 39.6 Å². The third-order valence-corrected chi connectivity index (χ3v) is 5.35. The maximum Gasteiger partial charge on any atom is 0.265 e. The number of ether oxygens (including phenoxy) is 4. The summed E-state index contributed by atoms with van der Waals surface area (Å²) >= 11 is 0. The molecule has 3 rings (SSSR count). The minimum absolute atomic E-state index is 0.165. The quantitative estimate of drug-likeness (QED) is 0.471. The highest BCUT2D eigenvalue weighted by molar-refractivity contribution is 7.86. The molecule has 1 N–H and O–H groups in total. The molecule has 31 heavy (non-hydrogen) atoms. The number of rotatable bonds is 8. The molecular formula is C20H23NO9S. The van der Waals surface area contributed by atoms with Crippen molar-refractivity contribution in [3.05, 3.63) is 35.9 Å². The van der Waals surface area contributed by atoms with E-state index in [0.29, 0.717) is 28.5 Å². The minimum atomic E-state index is -3.93. The fourth-order valence-electron chi connectivity index (χ4n) is 3.45. The first-order chi connectivity index (χ1) is 14.6. The number of nitrogens with zero attached hydrogens (tertiary/aromatic N) is 1. The summed E-state index contributed by atoms with van der Waals surface area (Å²) in [6, 6.07) is 6.79. The van der Waals surface area contributed by atoms with Gasteiger partial charge >= 0.3 is 0 Å². The Bertz CT molecular complexity index is 1070. The van der Waals surface area contributed by atoms with Crippen molar-refractivity contribution >= 4 is 21.7 Å². The zero-order valence-electron chi connectivity index (χ0n) is 17.6. The highest BCUT2D eigenvalue weighted by atomic mass is 32.2. The fraction of sp³-hybridized carbons (Fsp3) is 0.350. The number of hydrogen-bond acceptors (Lipinski definition) is 9. The molecular weight excluding hydrogens is 430 g/mol. The van der Waals surface area contributed by atoms with Crippen LogP contribution >= 0.6 is 0 Å². The maximum atomic E-state index is 12.9. The number of β-lactam (4-membered cyclic amide) rings is 1. The normalized spacial score (nSPS) is 18.4. The molecule has 0 spiro atoms. The van der Waals surface area contributed by atoms with Crippen LogP contribution in [0.25, 0.3) is 0 Å². The Morgan fingerprint density at radius 1 is 0.903 bits per heavy atom. The second-order valence-electron chi connectivity index (χ2n) is 6.69. The van der Waals surface area contributed by atoms with Crippen LogP contribution in [0, 0.1) is 0 Å². The lowest BCUT2D eigenvalue weighted by Crippen LogP contribution is -2.60. The maximum absolute atomic E-state index is 12.9. The van der Waals surface area contributed by atoms with Gasteiger partial charge in [0.2, 0.25) is 5.75 Å². The van der Waals surface area contributed by atoms with Gasteiger partial charge in [-0.05, 0) is 17.7 Å². The standard InChI is InChI=1S/C20H23NO9S/c1-26-14-7-6-11(8-13(14)22)17-19(30-31(5,24)25)20(23)21(17)12-9-15(27-2)18(29-4)16(10-12)28-3/h6-10,17,19,22H,1-5H3/t17?,19-/m1/s1. The van der Waals surface area contributed by atoms with Crippen LogP contribution in [0.5, 0.6) is 28.7 Å². The van der Waals surface area contributed by atoms with Gasteiger partial charge in [-0.3, -0.25) is 13.9 Å². The van der Waals surface area contributed by atoms with Gasteiger partial charge in [0.15, 0.2) is 29.1 Å². The summed E-state index contributed by atoms with van der Waals surface area (Å²) in [4.78, 5) is 14.3. The average Bonchev–Trinajstić information content (AvgIpc) is 2.73. The van der Waals surface area contributed by atoms with Gasteiger partial charge < -0.3 is 24.1 Å². The zero-order chi connectivity index (χ0) is 22.9. The molecule has 0 aliphatic carbocycles. The van der Waals surface area contributed by atoms with Gasteiger partial charge in [-0.2, -0.15) is 8.42 Å². The van der Waals surface area contributed by atoms with Crippen LogP contribution < -0.4 is 23.8 Å². The third-order valence-electron chi connectivity index (χ3n) is 4.80. The van der Waals surface area contributed by atoms with E-state index in [1.165, 1.54) is 45.5 Å². The molecule has 1 fully saturated rings. The number of anilines is 1. The summed E-state index contributed by atoms with van der Waals surface area (Å²) < 4.78 is 49.6. The smallest absolute Gasteiger partial charge is 0.265 e. The Kier molecular flexibility index (Phi) is 6.18. The summed E-state index contributed by atoms with van der Waals surface area (Å²) in [5, 5.41) is 10.2. The lowest BCUT2D eigenvalue weighted by molar-refractivity contribution is -0.134. The molecule has 0 bridgehead atoms. The van der Waals surface area contributed by atoms with Crippen molar-refractivity contribution < 1.29 is 41.4 Å². The Morgan fingerprint density at radius 3 is 1.94 bits per heavy atom. The van der Waals surface area contributed by atoms with Crippen LogP contribution in [0.4, 0.5) is 5.69 Å². The molecule has 2 atom stereocenters. The summed E-state index contributed by atoms with van der Waals surface area (Å²) in [5.41, 5.74) is 0.813. The molecule has 1 amide bonds. The van der Waals surface area contributed by atoms with Crippen LogP contribution in [0.3, 0.4) is 0 Å². The summed E-state index contributed by atoms with van der Waals surface area (Å²) in [6.45, 7) is 0. The lowest BCUT2D eigenvalue weighted by Gasteiger charge is -2.46. The summed E-state index contributed by atoms with van der Waals surface area (Å²) in [7, 11) is 1.80. The molecule has 10 nitrogen and oxygen atoms in total. The number of hydrogen-bond donors (Lipinski definition) is 1. The second-order valence-corrected chi connectivity index (χ2v) is 8.29. The second kappa shape index (κ2) is 8.52. The van der Waals surface area contributed by atoms with Gasteiger partial charge in [0, 0.05) is 12.1 Å². The number of carbonyl (C=O) groups excluding carboxylic acids is 1. The fourth-order valence-corrected chi connectivity index (χ4v) is 4.02. The number of methoxy groups -OCH3 is 4. The van der Waals surface area contributed by atoms with Crippen LogP contribution in [0.1, 0.15) is 11.6 Å². The van der Waals surface area contributed by atoms with Gasteiger partial charge in [-0.15, -0.1) is 0 Å². The number of carbonyl (C=O) groups is 1. The van der Waals surface area contributed by atoms with E-state index < -0.39 is 28.2 Å². The predicted octanol–water partition coefficient (Wildman–Crippen LogP) is 1.86. The van der Waals surface area contributed by atoms with Gasteiger partial charge in [0.25, 0.3) is 16.0 Å². The highest BCUT2D eigenvalue weighted by Gasteiger charge is 2.52. The Labute approximate surface area is 180 Å². The van der Waals surface area contributed by atoms with Gasteiger partial charge in [0.05, 0.1) is 46.4 Å². The molecule has 2 aromatic rings. The van der Waals surface area contributed by atoms with Crippen LogP contribution in [0.2, 0.25) is 0 Å². The van der Waals surface area contributed by atoms with E-state index in [0.717, 1.165) is 6.26 Å². The summed E-state index contributed by atoms with van der Waals surface area (Å²) in [6.07, 6.45) is -0.438. The molecule has 168 valence electrons. The first kappa shape index (κ1) is 22.5. The predicted molar refractivity (Wildman–Crippen MR) is 111 cm³/mol. The molecule has 0 saturated carbocycles. The lowest BCUT2D eigenvalue weighted by atomic mass is 9.89. The van der Waals surface area contributed by atoms with E-state index in [-0.39, 0.29) is 11.5 Å². The van der Waals surface area contributed by atoms with Crippen molar-refractivity contribution in [1.82, 2.24) is 0 Å². The van der Waals surface area contributed by atoms with Gasteiger partial charge in [-0.1, -0.05) is 6.07 Å². The van der Waals surface area contributed by atoms with Crippen molar-refractivity contribution in [2.45, 2.75) is 12.1 Å². The van der Waals surface area contributed by atoms with Crippen molar-refractivity contribution in [2.24, 2.45) is 0 Å². The van der Waals surface area contributed by atoms with Gasteiger partial charge in [-0.25, -0.2) is 0 Å². The first-order valence-corrected chi connectivity index (χ1v) is 10.8. The van der Waals surface area contributed by atoms with Crippen LogP contribution in [0.15, 0.2) is 30.3 Å². The number of aromatic hydroxyl groups is 1. The molecule has 0 radical (unpaired) electrons. The molecule has 2 aromatic carbocycles. The highest BCUT2D eigenvalue weighted by Crippen LogP contribution is 2.48. The van der Waals surface area contributed by atoms with Crippen molar-refractivity contribution in [3.8, 4) is 28.7 Å². The minimum Gasteiger partial charge on any atom is -0.504 e. The van der Waals surface area contributed by atoms with Crippen LogP contribution in [-0.4, -0.2) is 60.2 Å². The van der Waals surface area contributed by atoms with Crippen molar-refractivity contribution in [1.29, 1.82) is 0 Å².